The molecule has 0 N–H and O–H groups in total. The normalized spacial score (nSPS) is 11.3. The van der Waals surface area contributed by atoms with Gasteiger partial charge in [0, 0.05) is 16.5 Å². The highest BCUT2D eigenvalue weighted by atomic mass is 32.1. The second kappa shape index (κ2) is 10.1. The van der Waals surface area contributed by atoms with E-state index in [0.29, 0.717) is 34.1 Å². The molecule has 4 rings (SSSR count). The minimum Gasteiger partial charge on any atom is -0.493 e. The third-order valence-corrected chi connectivity index (χ3v) is 6.74. The Morgan fingerprint density at radius 2 is 1.65 bits per heavy atom. The van der Waals surface area contributed by atoms with E-state index in [-0.39, 0.29) is 16.1 Å². The SMILES string of the molecule is COc1ccc(-c2ccc(-c3cc(C(F)(F)F)c(C#N)c(=O)n3Cc3ccc(F)cc3F)s2)cc1OC. The van der Waals surface area contributed by atoms with Crippen molar-refractivity contribution in [2.45, 2.75) is 12.7 Å². The third kappa shape index (κ3) is 5.06. The summed E-state index contributed by atoms with van der Waals surface area (Å²) in [6, 6.07) is 13.0. The van der Waals surface area contributed by atoms with E-state index >= 15 is 0 Å². The molecule has 0 unspecified atom stereocenters. The molecular formula is C26H17F5N2O3S. The van der Waals surface area contributed by atoms with Gasteiger partial charge in [-0.15, -0.1) is 11.3 Å². The number of hydrogen-bond donors (Lipinski definition) is 0. The number of rotatable bonds is 6. The monoisotopic (exact) mass is 532 g/mol. The van der Waals surface area contributed by atoms with Gasteiger partial charge in [0.25, 0.3) is 5.56 Å². The number of methoxy groups -OCH3 is 2. The van der Waals surface area contributed by atoms with Gasteiger partial charge in [-0.05, 0) is 48.0 Å². The van der Waals surface area contributed by atoms with Crippen LogP contribution in [0.4, 0.5) is 22.0 Å². The van der Waals surface area contributed by atoms with Crippen molar-refractivity contribution in [2.75, 3.05) is 14.2 Å². The van der Waals surface area contributed by atoms with E-state index in [1.54, 1.807) is 24.3 Å². The summed E-state index contributed by atoms with van der Waals surface area (Å²) in [5, 5.41) is 9.34. The standard InChI is InChI=1S/C26H17F5N2O3S/c1-35-21-6-4-14(9-22(21)36-2)23-7-8-24(37-23)20-11-18(26(29,30)31)17(12-32)25(34)33(20)13-15-3-5-16(27)10-19(15)28/h3-11H,13H2,1-2H3. The molecule has 0 aliphatic rings. The lowest BCUT2D eigenvalue weighted by atomic mass is 10.1. The first-order chi connectivity index (χ1) is 17.6. The van der Waals surface area contributed by atoms with Crippen molar-refractivity contribution in [3.05, 3.63) is 93.3 Å². The quantitative estimate of drug-likeness (QED) is 0.267. The molecular weight excluding hydrogens is 515 g/mol. The zero-order chi connectivity index (χ0) is 26.9. The Hall–Kier alpha value is -4.17. The number of thiophene rings is 1. The molecule has 0 amide bonds. The summed E-state index contributed by atoms with van der Waals surface area (Å²) in [7, 11) is 2.94. The first-order valence-corrected chi connectivity index (χ1v) is 11.4. The molecule has 2 heterocycles. The van der Waals surface area contributed by atoms with Crippen LogP contribution in [-0.2, 0) is 12.7 Å². The number of aromatic nitrogens is 1. The summed E-state index contributed by atoms with van der Waals surface area (Å²) < 4.78 is 80.5. The summed E-state index contributed by atoms with van der Waals surface area (Å²) >= 11 is 1.08. The predicted molar refractivity (Wildman–Crippen MR) is 128 cm³/mol. The van der Waals surface area contributed by atoms with Gasteiger partial charge in [0.1, 0.15) is 23.3 Å². The van der Waals surface area contributed by atoms with Crippen LogP contribution in [0, 0.1) is 23.0 Å². The Kier molecular flexibility index (Phi) is 7.05. The summed E-state index contributed by atoms with van der Waals surface area (Å²) in [6.45, 7) is -0.517. The molecule has 4 aromatic rings. The van der Waals surface area contributed by atoms with Crippen LogP contribution < -0.4 is 15.0 Å². The Morgan fingerprint density at radius 1 is 0.946 bits per heavy atom. The van der Waals surface area contributed by atoms with Crippen LogP contribution in [0.2, 0.25) is 0 Å². The lowest BCUT2D eigenvalue weighted by Gasteiger charge is -2.17. The summed E-state index contributed by atoms with van der Waals surface area (Å²) in [6.07, 6.45) is -4.98. The Morgan fingerprint density at radius 3 is 2.27 bits per heavy atom. The van der Waals surface area contributed by atoms with Crippen molar-refractivity contribution in [2.24, 2.45) is 0 Å². The first-order valence-electron chi connectivity index (χ1n) is 10.6. The fourth-order valence-corrected chi connectivity index (χ4v) is 4.81. The van der Waals surface area contributed by atoms with Crippen molar-refractivity contribution in [3.63, 3.8) is 0 Å². The van der Waals surface area contributed by atoms with E-state index in [9.17, 15) is 32.0 Å². The zero-order valence-electron chi connectivity index (χ0n) is 19.3. The second-order valence-corrected chi connectivity index (χ2v) is 8.87. The van der Waals surface area contributed by atoms with Crippen molar-refractivity contribution in [1.29, 1.82) is 5.26 Å². The highest BCUT2D eigenvalue weighted by molar-refractivity contribution is 7.18. The van der Waals surface area contributed by atoms with Crippen molar-refractivity contribution < 1.29 is 31.4 Å². The number of nitriles is 1. The third-order valence-electron chi connectivity index (χ3n) is 5.59. The van der Waals surface area contributed by atoms with Gasteiger partial charge in [-0.3, -0.25) is 4.79 Å². The van der Waals surface area contributed by atoms with E-state index in [2.05, 4.69) is 0 Å². The van der Waals surface area contributed by atoms with E-state index in [1.165, 1.54) is 26.4 Å². The molecule has 37 heavy (non-hydrogen) atoms. The average Bonchev–Trinajstić information content (AvgIpc) is 3.35. The van der Waals surface area contributed by atoms with E-state index in [4.69, 9.17) is 9.47 Å². The number of halogens is 5. The van der Waals surface area contributed by atoms with Crippen molar-refractivity contribution in [1.82, 2.24) is 4.57 Å². The molecule has 0 aliphatic carbocycles. The Labute approximate surface area is 211 Å². The Bertz CT molecular complexity index is 1580. The molecule has 0 radical (unpaired) electrons. The molecule has 11 heteroatoms. The number of ether oxygens (including phenoxy) is 2. The van der Waals surface area contributed by atoms with Gasteiger partial charge >= 0.3 is 6.18 Å². The lowest BCUT2D eigenvalue weighted by molar-refractivity contribution is -0.137. The maximum atomic E-state index is 14.4. The number of benzene rings is 2. The summed E-state index contributed by atoms with van der Waals surface area (Å²) in [5.41, 5.74) is -3.38. The van der Waals surface area contributed by atoms with Crippen LogP contribution in [-0.4, -0.2) is 18.8 Å². The van der Waals surface area contributed by atoms with Crippen LogP contribution in [0.25, 0.3) is 21.0 Å². The van der Waals surface area contributed by atoms with Crippen LogP contribution in [0.1, 0.15) is 16.7 Å². The average molecular weight is 532 g/mol. The van der Waals surface area contributed by atoms with Gasteiger partial charge in [-0.1, -0.05) is 6.07 Å². The van der Waals surface area contributed by atoms with Gasteiger partial charge in [-0.25, -0.2) is 8.78 Å². The largest absolute Gasteiger partial charge is 0.493 e. The minimum absolute atomic E-state index is 0.134. The number of alkyl halides is 3. The number of pyridine rings is 1. The van der Waals surface area contributed by atoms with Gasteiger partial charge in [-0.2, -0.15) is 18.4 Å². The lowest BCUT2D eigenvalue weighted by Crippen LogP contribution is -2.28. The van der Waals surface area contributed by atoms with Crippen LogP contribution in [0.15, 0.2) is 59.4 Å². The fraction of sp³-hybridized carbons (Fsp3) is 0.154. The molecule has 0 fully saturated rings. The molecule has 0 spiro atoms. The van der Waals surface area contributed by atoms with E-state index < -0.39 is 41.0 Å². The highest BCUT2D eigenvalue weighted by Gasteiger charge is 2.36. The molecule has 190 valence electrons. The van der Waals surface area contributed by atoms with Crippen LogP contribution in [0.5, 0.6) is 11.5 Å². The molecule has 2 aromatic carbocycles. The molecule has 0 saturated heterocycles. The molecule has 0 saturated carbocycles. The van der Waals surface area contributed by atoms with Crippen LogP contribution in [0.3, 0.4) is 0 Å². The number of nitrogens with zero attached hydrogens (tertiary/aromatic N) is 2. The molecule has 5 nitrogen and oxygen atoms in total. The van der Waals surface area contributed by atoms with Crippen molar-refractivity contribution >= 4 is 11.3 Å². The Balaban J connectivity index is 1.91. The van der Waals surface area contributed by atoms with Gasteiger partial charge in [0.2, 0.25) is 0 Å². The first kappa shape index (κ1) is 25.9. The maximum Gasteiger partial charge on any atom is 0.417 e. The second-order valence-electron chi connectivity index (χ2n) is 7.79. The van der Waals surface area contributed by atoms with Crippen LogP contribution >= 0.6 is 11.3 Å². The predicted octanol–water partition coefficient (Wildman–Crippen LogP) is 6.48. The minimum atomic E-state index is -4.98. The summed E-state index contributed by atoms with van der Waals surface area (Å²) in [4.78, 5) is 14.0. The van der Waals surface area contributed by atoms with Gasteiger partial charge in [0.05, 0.1) is 36.9 Å². The van der Waals surface area contributed by atoms with Gasteiger partial charge in [0.15, 0.2) is 11.5 Å². The summed E-state index contributed by atoms with van der Waals surface area (Å²) in [5.74, 6) is -0.901. The number of hydrogen-bond acceptors (Lipinski definition) is 5. The maximum absolute atomic E-state index is 14.4. The zero-order valence-corrected chi connectivity index (χ0v) is 20.1. The smallest absolute Gasteiger partial charge is 0.417 e. The molecule has 0 aliphatic heterocycles. The topological polar surface area (TPSA) is 64.2 Å². The highest BCUT2D eigenvalue weighted by Crippen LogP contribution is 2.40. The molecule has 0 atom stereocenters. The van der Waals surface area contributed by atoms with Crippen molar-refractivity contribution in [3.8, 4) is 38.6 Å². The molecule has 2 aromatic heterocycles. The van der Waals surface area contributed by atoms with E-state index in [0.717, 1.165) is 28.0 Å². The fourth-order valence-electron chi connectivity index (χ4n) is 3.78. The van der Waals surface area contributed by atoms with E-state index in [1.807, 2.05) is 0 Å². The molecule has 0 bridgehead atoms. The van der Waals surface area contributed by atoms with Gasteiger partial charge < -0.3 is 14.0 Å².